The maximum absolute atomic E-state index is 5.85. The molecule has 0 atom stereocenters. The number of rotatable bonds is 8. The summed E-state index contributed by atoms with van der Waals surface area (Å²) >= 11 is -1.65. The molecule has 0 spiro atoms. The molecular formula is C52H56Cl2O4SiZr-2. The van der Waals surface area contributed by atoms with Crippen LogP contribution in [0.15, 0.2) is 106 Å². The van der Waals surface area contributed by atoms with Gasteiger partial charge in [-0.2, -0.15) is 0 Å². The van der Waals surface area contributed by atoms with Gasteiger partial charge in [-0.3, -0.25) is 0 Å². The average Bonchev–Trinajstić information content (AvgIpc) is 4.03. The van der Waals surface area contributed by atoms with Crippen molar-refractivity contribution < 1.29 is 36.3 Å². The van der Waals surface area contributed by atoms with Crippen LogP contribution in [0, 0.1) is 41.5 Å². The molecule has 8 rings (SSSR count). The van der Waals surface area contributed by atoms with E-state index in [1.807, 2.05) is 38.1 Å². The molecule has 2 heterocycles. The summed E-state index contributed by atoms with van der Waals surface area (Å²) in [6.45, 7) is 21.2. The summed E-state index contributed by atoms with van der Waals surface area (Å²) in [6.07, 6.45) is 1.99. The molecule has 0 saturated heterocycles. The molecule has 0 bridgehead atoms. The zero-order valence-corrected chi connectivity index (χ0v) is 42.0. The predicted octanol–water partition coefficient (Wildman–Crippen LogP) is 16.1. The molecule has 4 nitrogen and oxygen atoms in total. The summed E-state index contributed by atoms with van der Waals surface area (Å²) < 4.78 is 22.8. The van der Waals surface area contributed by atoms with Crippen LogP contribution in [0.1, 0.15) is 58.7 Å². The van der Waals surface area contributed by atoms with Gasteiger partial charge in [-0.25, -0.2) is 0 Å². The molecular weight excluding hydrogens is 879 g/mol. The van der Waals surface area contributed by atoms with Crippen molar-refractivity contribution in [2.75, 3.05) is 14.2 Å². The first-order valence-corrected chi connectivity index (χ1v) is 33.1. The van der Waals surface area contributed by atoms with Gasteiger partial charge in [-0.15, -0.1) is 57.9 Å². The van der Waals surface area contributed by atoms with Crippen molar-refractivity contribution >= 4 is 44.0 Å². The molecule has 0 saturated carbocycles. The van der Waals surface area contributed by atoms with Crippen molar-refractivity contribution in [2.45, 2.75) is 81.3 Å². The second-order valence-electron chi connectivity index (χ2n) is 15.8. The summed E-state index contributed by atoms with van der Waals surface area (Å²) in [6, 6.07) is 35.0. The molecule has 312 valence electrons. The van der Waals surface area contributed by atoms with E-state index in [4.69, 9.17) is 35.3 Å². The van der Waals surface area contributed by atoms with Gasteiger partial charge in [0.2, 0.25) is 0 Å². The van der Waals surface area contributed by atoms with Gasteiger partial charge in [0.05, 0.1) is 37.3 Å². The van der Waals surface area contributed by atoms with E-state index in [2.05, 4.69) is 127 Å². The van der Waals surface area contributed by atoms with Crippen LogP contribution < -0.4 is 9.47 Å². The fourth-order valence-electron chi connectivity index (χ4n) is 8.22. The Labute approximate surface area is 371 Å². The monoisotopic (exact) mass is 932 g/mol. The predicted molar refractivity (Wildman–Crippen MR) is 255 cm³/mol. The van der Waals surface area contributed by atoms with E-state index < -0.39 is 18.0 Å². The first-order chi connectivity index (χ1) is 28.7. The molecule has 8 heteroatoms. The number of ether oxygens (including phenoxy) is 2. The molecule has 0 amide bonds. The number of fused-ring (bicyclic) bond motifs is 2. The Hall–Kier alpha value is -4.06. The fourth-order valence-corrected chi connectivity index (χ4v) is 8.22. The normalized spacial score (nSPS) is 11.0. The molecule has 0 aliphatic heterocycles. The Bertz CT molecular complexity index is 2580. The molecule has 0 unspecified atom stereocenters. The average molecular weight is 935 g/mol. The third-order valence-electron chi connectivity index (χ3n) is 11.0. The van der Waals surface area contributed by atoms with Gasteiger partial charge < -0.3 is 18.3 Å². The minimum absolute atomic E-state index is 0.224. The standard InChI is InChI=1S/2C25H25O2.C2H6Si.2ClH.Zr/c2*1-6-18-8-9-19-13-20(23-10-7-17(4)27-23)14-22(19)24(18)21-11-15(2)25(26-5)16(3)12-21;1-3-2;;;/h2*7-14H,6H2,1-5H3;1-2H3;2*1H;/q2*-1;;;;+2/p-2. The van der Waals surface area contributed by atoms with E-state index >= 15 is 0 Å². The van der Waals surface area contributed by atoms with Gasteiger partial charge in [0.15, 0.2) is 0 Å². The van der Waals surface area contributed by atoms with Crippen molar-refractivity contribution in [1.82, 2.24) is 0 Å². The first kappa shape index (κ1) is 45.5. The Morgan fingerprint density at radius 2 is 0.900 bits per heavy atom. The SMILES string of the molecule is CCc1ccc2[cH-]c(-c3ccc(C)o3)cc2c1-c1cc(C)c(OC)c(C)c1.CCc1ccc2[cH-]c(-c3ccc(C)o3)cc2c1-c1cc(C)c(OC)c(C)c1.C[Si](C)=[Zr]([Cl])[Cl]. The molecule has 0 aliphatic rings. The summed E-state index contributed by atoms with van der Waals surface area (Å²) in [5.74, 6) is 5.67. The van der Waals surface area contributed by atoms with Crippen LogP contribution in [-0.4, -0.2) is 19.7 Å². The molecule has 0 radical (unpaired) electrons. The Kier molecular flexibility index (Phi) is 15.0. The van der Waals surface area contributed by atoms with Gasteiger partial charge in [0.1, 0.15) is 11.5 Å². The summed E-state index contributed by atoms with van der Waals surface area (Å²) in [5.41, 5.74) is 14.6. The van der Waals surface area contributed by atoms with Crippen LogP contribution in [0.3, 0.4) is 0 Å². The molecule has 8 aromatic rings. The number of furan rings is 2. The van der Waals surface area contributed by atoms with Crippen LogP contribution in [0.5, 0.6) is 11.5 Å². The summed E-state index contributed by atoms with van der Waals surface area (Å²) in [4.78, 5) is 0. The van der Waals surface area contributed by atoms with Crippen molar-refractivity contribution in [3.63, 3.8) is 0 Å². The second-order valence-corrected chi connectivity index (χ2v) is 38.7. The van der Waals surface area contributed by atoms with Crippen molar-refractivity contribution in [2.24, 2.45) is 0 Å². The number of halogens is 2. The minimum atomic E-state index is -1.65. The number of benzene rings is 4. The first-order valence-electron chi connectivity index (χ1n) is 20.6. The van der Waals surface area contributed by atoms with Gasteiger partial charge >= 0.3 is 53.5 Å². The van der Waals surface area contributed by atoms with Gasteiger partial charge in [0.25, 0.3) is 0 Å². The van der Waals surface area contributed by atoms with Gasteiger partial charge in [0, 0.05) is 0 Å². The van der Waals surface area contributed by atoms with Crippen LogP contribution in [-0.2, 0) is 30.8 Å². The number of hydrogen-bond acceptors (Lipinski definition) is 4. The Morgan fingerprint density at radius 1 is 0.550 bits per heavy atom. The van der Waals surface area contributed by atoms with Crippen molar-refractivity contribution in [3.8, 4) is 56.4 Å². The molecule has 0 N–H and O–H groups in total. The van der Waals surface area contributed by atoms with Crippen molar-refractivity contribution in [1.29, 1.82) is 0 Å². The summed E-state index contributed by atoms with van der Waals surface area (Å²) in [7, 11) is 14.7. The van der Waals surface area contributed by atoms with Crippen LogP contribution >= 0.6 is 17.0 Å². The zero-order valence-electron chi connectivity index (χ0n) is 37.0. The van der Waals surface area contributed by atoms with Gasteiger partial charge in [-0.05, 0) is 147 Å². The van der Waals surface area contributed by atoms with Crippen LogP contribution in [0.25, 0.3) is 66.4 Å². The van der Waals surface area contributed by atoms with E-state index in [0.29, 0.717) is 0 Å². The van der Waals surface area contributed by atoms with Crippen molar-refractivity contribution in [3.05, 3.63) is 142 Å². The molecule has 60 heavy (non-hydrogen) atoms. The Balaban J connectivity index is 0.000000177. The van der Waals surface area contributed by atoms with E-state index in [1.165, 1.54) is 77.2 Å². The van der Waals surface area contributed by atoms with Crippen LogP contribution in [0.2, 0.25) is 13.1 Å². The third kappa shape index (κ3) is 9.84. The van der Waals surface area contributed by atoms with E-state index in [1.54, 1.807) is 14.2 Å². The molecule has 0 fully saturated rings. The zero-order chi connectivity index (χ0) is 43.4. The topological polar surface area (TPSA) is 44.7 Å². The molecule has 2 aromatic heterocycles. The Morgan fingerprint density at radius 3 is 1.17 bits per heavy atom. The van der Waals surface area contributed by atoms with Crippen LogP contribution in [0.4, 0.5) is 0 Å². The van der Waals surface area contributed by atoms with Gasteiger partial charge in [-0.1, -0.05) is 48.2 Å². The van der Waals surface area contributed by atoms with E-state index in [-0.39, 0.29) is 5.43 Å². The quantitative estimate of drug-likeness (QED) is 0.112. The maximum atomic E-state index is 5.85. The summed E-state index contributed by atoms with van der Waals surface area (Å²) in [5, 5.41) is 5.06. The molecule has 0 aliphatic carbocycles. The second kappa shape index (κ2) is 19.8. The fraction of sp³-hybridized carbons (Fsp3) is 0.269. The number of aryl methyl sites for hydroxylation is 8. The number of hydrogen-bond donors (Lipinski definition) is 0. The number of methoxy groups -OCH3 is 2. The molecule has 6 aromatic carbocycles. The van der Waals surface area contributed by atoms with E-state index in [9.17, 15) is 0 Å². The third-order valence-corrected chi connectivity index (χ3v) is 30.8. The van der Waals surface area contributed by atoms with E-state index in [0.717, 1.165) is 58.5 Å².